The summed E-state index contributed by atoms with van der Waals surface area (Å²) in [6.07, 6.45) is 2.30. The number of carboxylic acids is 1. The number of aliphatic carboxylic acids is 1. The number of rotatable bonds is 14. The van der Waals surface area contributed by atoms with Crippen LogP contribution in [0.4, 0.5) is 0 Å². The molecule has 4 amide bonds. The largest absolute Gasteiger partial charge is 0.480 e. The average molecular weight is 504 g/mol. The Bertz CT molecular complexity index is 1050. The smallest absolute Gasteiger partial charge is 0.326 e. The number of nitrogens with two attached hydrogens (primary N) is 2. The number of nitrogens with one attached hydrogen (secondary N) is 4. The van der Waals surface area contributed by atoms with Gasteiger partial charge in [0.1, 0.15) is 18.1 Å². The van der Waals surface area contributed by atoms with Crippen LogP contribution in [0.2, 0.25) is 0 Å². The minimum Gasteiger partial charge on any atom is -0.480 e. The van der Waals surface area contributed by atoms with Gasteiger partial charge in [-0.1, -0.05) is 30.3 Å². The number of aliphatic hydroxyl groups excluding tert-OH is 1. The zero-order valence-corrected chi connectivity index (χ0v) is 19.2. The van der Waals surface area contributed by atoms with Gasteiger partial charge in [-0.25, -0.2) is 9.78 Å². The molecule has 10 N–H and O–H groups in total. The molecule has 36 heavy (non-hydrogen) atoms. The fourth-order valence-corrected chi connectivity index (χ4v) is 3.20. The molecule has 1 heterocycles. The van der Waals surface area contributed by atoms with E-state index in [0.717, 1.165) is 0 Å². The number of primary amides is 1. The summed E-state index contributed by atoms with van der Waals surface area (Å²) in [5.74, 6) is -4.97. The van der Waals surface area contributed by atoms with Crippen LogP contribution in [0.15, 0.2) is 42.9 Å². The number of hydrogen-bond acceptors (Lipinski definition) is 8. The Kier molecular flexibility index (Phi) is 10.5. The first-order valence-corrected chi connectivity index (χ1v) is 10.9. The Hall–Kier alpha value is -4.30. The Labute approximate surface area is 205 Å². The highest BCUT2D eigenvalue weighted by molar-refractivity contribution is 5.95. The van der Waals surface area contributed by atoms with Gasteiger partial charge in [-0.05, 0) is 5.56 Å². The first kappa shape index (κ1) is 27.9. The molecule has 14 nitrogen and oxygen atoms in total. The van der Waals surface area contributed by atoms with Gasteiger partial charge < -0.3 is 42.6 Å². The van der Waals surface area contributed by atoms with E-state index in [-0.39, 0.29) is 12.8 Å². The fourth-order valence-electron chi connectivity index (χ4n) is 3.20. The van der Waals surface area contributed by atoms with Crippen LogP contribution in [0.25, 0.3) is 0 Å². The lowest BCUT2D eigenvalue weighted by Gasteiger charge is -2.24. The maximum absolute atomic E-state index is 12.9. The zero-order chi connectivity index (χ0) is 26.7. The molecule has 4 atom stereocenters. The summed E-state index contributed by atoms with van der Waals surface area (Å²) in [7, 11) is 0. The van der Waals surface area contributed by atoms with E-state index in [0.29, 0.717) is 11.3 Å². The summed E-state index contributed by atoms with van der Waals surface area (Å²) >= 11 is 0. The number of amides is 4. The molecule has 2 aromatic rings. The summed E-state index contributed by atoms with van der Waals surface area (Å²) in [6, 6.07) is 3.10. The topological polar surface area (TPSA) is 243 Å². The number of aromatic nitrogens is 2. The molecule has 4 unspecified atom stereocenters. The summed E-state index contributed by atoms with van der Waals surface area (Å²) in [4.78, 5) is 67.4. The number of carboxylic acid groups (broad SMARTS) is 1. The normalized spacial score (nSPS) is 14.1. The Morgan fingerprint density at radius 1 is 0.917 bits per heavy atom. The molecule has 0 spiro atoms. The molecule has 0 radical (unpaired) electrons. The number of carbonyl (C=O) groups is 5. The number of carbonyl (C=O) groups excluding carboxylic acids is 4. The maximum atomic E-state index is 12.9. The Morgan fingerprint density at radius 2 is 1.53 bits per heavy atom. The van der Waals surface area contributed by atoms with Crippen molar-refractivity contribution in [1.29, 1.82) is 0 Å². The average Bonchev–Trinajstić information content (AvgIpc) is 3.34. The highest BCUT2D eigenvalue weighted by Crippen LogP contribution is 2.06. The van der Waals surface area contributed by atoms with Gasteiger partial charge in [0.25, 0.3) is 0 Å². The number of H-pyrrole nitrogens is 1. The molecule has 14 heteroatoms. The predicted octanol–water partition coefficient (Wildman–Crippen LogP) is -3.07. The monoisotopic (exact) mass is 503 g/mol. The van der Waals surface area contributed by atoms with Crippen molar-refractivity contribution in [2.24, 2.45) is 11.5 Å². The Morgan fingerprint density at radius 3 is 2.08 bits per heavy atom. The van der Waals surface area contributed by atoms with E-state index in [2.05, 4.69) is 25.9 Å². The van der Waals surface area contributed by atoms with E-state index in [1.165, 1.54) is 12.5 Å². The van der Waals surface area contributed by atoms with Crippen LogP contribution in [-0.4, -0.2) is 80.6 Å². The van der Waals surface area contributed by atoms with Gasteiger partial charge in [-0.2, -0.15) is 0 Å². The Balaban J connectivity index is 2.12. The summed E-state index contributed by atoms with van der Waals surface area (Å²) < 4.78 is 0. The van der Waals surface area contributed by atoms with Crippen LogP contribution in [0.1, 0.15) is 17.7 Å². The SMILES string of the molecule is NC(=O)CC(NC(=O)C(Cc1ccccc1)NC(=O)C(CO)NC(=O)C(N)Cc1cnc[nH]1)C(=O)O. The van der Waals surface area contributed by atoms with Crippen molar-refractivity contribution in [3.63, 3.8) is 0 Å². The van der Waals surface area contributed by atoms with Gasteiger partial charge in [-0.15, -0.1) is 0 Å². The fraction of sp³-hybridized carbons (Fsp3) is 0.364. The molecular weight excluding hydrogens is 474 g/mol. The van der Waals surface area contributed by atoms with Crippen LogP contribution in [0.3, 0.4) is 0 Å². The van der Waals surface area contributed by atoms with Crippen molar-refractivity contribution < 1.29 is 34.2 Å². The van der Waals surface area contributed by atoms with E-state index in [1.807, 2.05) is 0 Å². The lowest BCUT2D eigenvalue weighted by Crippen LogP contribution is -2.58. The van der Waals surface area contributed by atoms with Gasteiger partial charge in [-0.3, -0.25) is 19.2 Å². The molecule has 0 saturated carbocycles. The van der Waals surface area contributed by atoms with Crippen molar-refractivity contribution in [2.45, 2.75) is 43.4 Å². The van der Waals surface area contributed by atoms with Gasteiger partial charge in [0, 0.05) is 24.7 Å². The van der Waals surface area contributed by atoms with Crippen LogP contribution in [-0.2, 0) is 36.8 Å². The summed E-state index contributed by atoms with van der Waals surface area (Å²) in [6.45, 7) is -0.798. The van der Waals surface area contributed by atoms with Crippen LogP contribution in [0, 0.1) is 0 Å². The van der Waals surface area contributed by atoms with Crippen LogP contribution < -0.4 is 27.4 Å². The molecule has 0 aliphatic rings. The third kappa shape index (κ3) is 8.81. The molecule has 1 aromatic heterocycles. The lowest BCUT2D eigenvalue weighted by molar-refractivity contribution is -0.143. The molecule has 0 aliphatic carbocycles. The standard InChI is InChI=1S/C22H29N7O7/c23-14(7-13-9-25-11-26-13)19(32)29-17(10-30)21(34)27-15(6-12-4-2-1-3-5-12)20(33)28-16(22(35)36)8-18(24)31/h1-5,9,11,14-17,30H,6-8,10,23H2,(H2,24,31)(H,25,26)(H,27,34)(H,28,33)(H,29,32)(H,35,36). The number of imidazole rings is 1. The first-order chi connectivity index (χ1) is 17.1. The van der Waals surface area contributed by atoms with Gasteiger partial charge in [0.15, 0.2) is 0 Å². The second-order valence-corrected chi connectivity index (χ2v) is 7.95. The lowest BCUT2D eigenvalue weighted by atomic mass is 10.0. The quantitative estimate of drug-likeness (QED) is 0.130. The van der Waals surface area contributed by atoms with Crippen LogP contribution in [0.5, 0.6) is 0 Å². The van der Waals surface area contributed by atoms with Gasteiger partial charge in [0.2, 0.25) is 23.6 Å². The maximum Gasteiger partial charge on any atom is 0.326 e. The van der Waals surface area contributed by atoms with Crippen molar-refractivity contribution in [1.82, 2.24) is 25.9 Å². The molecule has 0 bridgehead atoms. The minimum absolute atomic E-state index is 0.0489. The molecule has 0 saturated heterocycles. The molecular formula is C22H29N7O7. The van der Waals surface area contributed by atoms with E-state index in [1.54, 1.807) is 30.3 Å². The number of hydrogen-bond donors (Lipinski definition) is 8. The first-order valence-electron chi connectivity index (χ1n) is 10.9. The highest BCUT2D eigenvalue weighted by atomic mass is 16.4. The number of benzene rings is 1. The third-order valence-corrected chi connectivity index (χ3v) is 5.08. The molecule has 1 aromatic carbocycles. The molecule has 194 valence electrons. The zero-order valence-electron chi connectivity index (χ0n) is 19.2. The van der Waals surface area contributed by atoms with Crippen molar-refractivity contribution >= 4 is 29.6 Å². The van der Waals surface area contributed by atoms with E-state index in [9.17, 15) is 34.2 Å². The second kappa shape index (κ2) is 13.6. The predicted molar refractivity (Wildman–Crippen MR) is 125 cm³/mol. The van der Waals surface area contributed by atoms with Crippen LogP contribution >= 0.6 is 0 Å². The molecule has 0 aliphatic heterocycles. The summed E-state index contributed by atoms with van der Waals surface area (Å²) in [5, 5.41) is 25.9. The number of nitrogens with zero attached hydrogens (tertiary/aromatic N) is 1. The summed E-state index contributed by atoms with van der Waals surface area (Å²) in [5.41, 5.74) is 12.1. The number of aliphatic hydroxyl groups is 1. The van der Waals surface area contributed by atoms with Crippen molar-refractivity contribution in [3.05, 3.63) is 54.1 Å². The van der Waals surface area contributed by atoms with E-state index in [4.69, 9.17) is 11.5 Å². The van der Waals surface area contributed by atoms with Gasteiger partial charge in [0.05, 0.1) is 25.4 Å². The second-order valence-electron chi connectivity index (χ2n) is 7.95. The van der Waals surface area contributed by atoms with Gasteiger partial charge >= 0.3 is 5.97 Å². The van der Waals surface area contributed by atoms with Crippen molar-refractivity contribution in [2.75, 3.05) is 6.61 Å². The molecule has 0 fully saturated rings. The number of aromatic amines is 1. The minimum atomic E-state index is -1.61. The highest BCUT2D eigenvalue weighted by Gasteiger charge is 2.31. The van der Waals surface area contributed by atoms with Crippen molar-refractivity contribution in [3.8, 4) is 0 Å². The molecule has 2 rings (SSSR count). The third-order valence-electron chi connectivity index (χ3n) is 5.08. The van der Waals surface area contributed by atoms with E-state index < -0.39 is 66.8 Å². The van der Waals surface area contributed by atoms with E-state index >= 15 is 0 Å².